The van der Waals surface area contributed by atoms with Crippen LogP contribution in [0.3, 0.4) is 0 Å². The zero-order valence-corrected chi connectivity index (χ0v) is 15.0. The molecule has 0 atom stereocenters. The average molecular weight is 372 g/mol. The van der Waals surface area contributed by atoms with E-state index in [0.717, 1.165) is 17.7 Å². The normalized spacial score (nSPS) is 13.6. The Balaban J connectivity index is 1.67. The maximum atomic E-state index is 12.1. The minimum atomic E-state index is -0.811. The number of nitrogens with one attached hydrogen (secondary N) is 2. The Kier molecular flexibility index (Phi) is 5.23. The highest BCUT2D eigenvalue weighted by Gasteiger charge is 2.23. The maximum absolute atomic E-state index is 12.1. The molecule has 0 radical (unpaired) electrons. The number of anilines is 3. The maximum Gasteiger partial charge on any atom is 0.314 e. The number of amides is 3. The number of nitrogens with zero attached hydrogens (tertiary/aromatic N) is 1. The van der Waals surface area contributed by atoms with Crippen molar-refractivity contribution in [2.75, 3.05) is 22.1 Å². The van der Waals surface area contributed by atoms with Gasteiger partial charge in [0.05, 0.1) is 10.7 Å². The Labute approximate surface area is 156 Å². The first-order valence-electron chi connectivity index (χ1n) is 8.23. The van der Waals surface area contributed by atoms with Crippen molar-refractivity contribution >= 4 is 46.4 Å². The average Bonchev–Trinajstić information content (AvgIpc) is 3.03. The van der Waals surface area contributed by atoms with E-state index in [0.29, 0.717) is 29.4 Å². The van der Waals surface area contributed by atoms with Gasteiger partial charge >= 0.3 is 11.8 Å². The zero-order chi connectivity index (χ0) is 18.7. The molecule has 0 saturated carbocycles. The van der Waals surface area contributed by atoms with Gasteiger partial charge in [-0.25, -0.2) is 0 Å². The molecule has 2 aromatic carbocycles. The SMILES string of the molecule is Cc1cc(NC(=O)C(=O)Nc2ccccc2Cl)ccc1N1CCCC1=O. The van der Waals surface area contributed by atoms with Crippen LogP contribution >= 0.6 is 11.6 Å². The Morgan fingerprint density at radius 1 is 1.08 bits per heavy atom. The highest BCUT2D eigenvalue weighted by Crippen LogP contribution is 2.27. The molecule has 0 bridgehead atoms. The number of halogens is 1. The molecule has 1 aliphatic rings. The second-order valence-corrected chi connectivity index (χ2v) is 6.45. The molecule has 1 fully saturated rings. The van der Waals surface area contributed by atoms with E-state index in [9.17, 15) is 14.4 Å². The third-order valence-corrected chi connectivity index (χ3v) is 4.48. The Morgan fingerprint density at radius 3 is 2.46 bits per heavy atom. The summed E-state index contributed by atoms with van der Waals surface area (Å²) < 4.78 is 0. The Bertz CT molecular complexity index is 882. The fourth-order valence-corrected chi connectivity index (χ4v) is 3.05. The number of para-hydroxylation sites is 1. The lowest BCUT2D eigenvalue weighted by molar-refractivity contribution is -0.132. The molecule has 3 amide bonds. The van der Waals surface area contributed by atoms with E-state index < -0.39 is 11.8 Å². The van der Waals surface area contributed by atoms with Crippen LogP contribution in [0.1, 0.15) is 18.4 Å². The summed E-state index contributed by atoms with van der Waals surface area (Å²) in [6.07, 6.45) is 1.40. The predicted octanol–water partition coefficient (Wildman–Crippen LogP) is 3.35. The molecule has 2 N–H and O–H groups in total. The number of benzene rings is 2. The number of carbonyl (C=O) groups is 3. The summed E-state index contributed by atoms with van der Waals surface area (Å²) in [4.78, 5) is 37.8. The van der Waals surface area contributed by atoms with Crippen LogP contribution < -0.4 is 15.5 Å². The molecular weight excluding hydrogens is 354 g/mol. The Hall–Kier alpha value is -2.86. The molecule has 2 aromatic rings. The lowest BCUT2D eigenvalue weighted by Crippen LogP contribution is -2.29. The molecule has 0 aromatic heterocycles. The van der Waals surface area contributed by atoms with Crippen molar-refractivity contribution in [3.63, 3.8) is 0 Å². The third-order valence-electron chi connectivity index (χ3n) is 4.15. The van der Waals surface area contributed by atoms with Gasteiger partial charge in [-0.05, 0) is 49.2 Å². The fourth-order valence-electron chi connectivity index (χ4n) is 2.87. The standard InChI is InChI=1S/C19H18ClN3O3/c1-12-11-13(8-9-16(12)23-10-4-7-17(23)24)21-18(25)19(26)22-15-6-3-2-5-14(15)20/h2-3,5-6,8-9,11H,4,7,10H2,1H3,(H,21,25)(H,22,26). The van der Waals surface area contributed by atoms with Gasteiger partial charge in [0, 0.05) is 24.3 Å². The number of rotatable bonds is 3. The van der Waals surface area contributed by atoms with Gasteiger partial charge < -0.3 is 15.5 Å². The molecule has 1 aliphatic heterocycles. The lowest BCUT2D eigenvalue weighted by Gasteiger charge is -2.19. The second kappa shape index (κ2) is 7.58. The van der Waals surface area contributed by atoms with Crippen molar-refractivity contribution < 1.29 is 14.4 Å². The molecule has 26 heavy (non-hydrogen) atoms. The van der Waals surface area contributed by atoms with E-state index in [1.165, 1.54) is 0 Å². The van der Waals surface area contributed by atoms with Crippen molar-refractivity contribution in [2.45, 2.75) is 19.8 Å². The molecule has 0 aliphatic carbocycles. The van der Waals surface area contributed by atoms with Crippen LogP contribution in [0.2, 0.25) is 5.02 Å². The highest BCUT2D eigenvalue weighted by atomic mass is 35.5. The molecule has 6 nitrogen and oxygen atoms in total. The fraction of sp³-hybridized carbons (Fsp3) is 0.211. The van der Waals surface area contributed by atoms with Gasteiger partial charge in [0.1, 0.15) is 0 Å². The quantitative estimate of drug-likeness (QED) is 0.812. The van der Waals surface area contributed by atoms with Crippen molar-refractivity contribution in [1.29, 1.82) is 0 Å². The van der Waals surface area contributed by atoms with Crippen LogP contribution in [0.25, 0.3) is 0 Å². The van der Waals surface area contributed by atoms with Gasteiger partial charge in [0.15, 0.2) is 0 Å². The summed E-state index contributed by atoms with van der Waals surface area (Å²) in [7, 11) is 0. The van der Waals surface area contributed by atoms with Gasteiger partial charge in [-0.15, -0.1) is 0 Å². The molecule has 1 heterocycles. The summed E-state index contributed by atoms with van der Waals surface area (Å²) in [5, 5.41) is 5.38. The molecule has 134 valence electrons. The molecule has 1 saturated heterocycles. The molecule has 0 spiro atoms. The van der Waals surface area contributed by atoms with Crippen LogP contribution in [0.15, 0.2) is 42.5 Å². The zero-order valence-electron chi connectivity index (χ0n) is 14.2. The van der Waals surface area contributed by atoms with Crippen LogP contribution in [-0.4, -0.2) is 24.3 Å². The summed E-state index contributed by atoms with van der Waals surface area (Å²) in [5.74, 6) is -1.51. The molecule has 7 heteroatoms. The largest absolute Gasteiger partial charge is 0.318 e. The second-order valence-electron chi connectivity index (χ2n) is 6.04. The van der Waals surface area contributed by atoms with Gasteiger partial charge in [-0.2, -0.15) is 0 Å². The van der Waals surface area contributed by atoms with E-state index in [-0.39, 0.29) is 5.91 Å². The van der Waals surface area contributed by atoms with E-state index in [1.54, 1.807) is 47.4 Å². The number of aryl methyl sites for hydroxylation is 1. The van der Waals surface area contributed by atoms with Crippen molar-refractivity contribution in [3.05, 3.63) is 53.1 Å². The lowest BCUT2D eigenvalue weighted by atomic mass is 10.1. The van der Waals surface area contributed by atoms with E-state index in [1.807, 2.05) is 6.92 Å². The van der Waals surface area contributed by atoms with Crippen molar-refractivity contribution in [1.82, 2.24) is 0 Å². The van der Waals surface area contributed by atoms with Crippen LogP contribution in [0.5, 0.6) is 0 Å². The molecule has 3 rings (SSSR count). The van der Waals surface area contributed by atoms with E-state index in [2.05, 4.69) is 10.6 Å². The summed E-state index contributed by atoms with van der Waals surface area (Å²) in [6, 6.07) is 11.9. The van der Waals surface area contributed by atoms with Crippen molar-refractivity contribution in [2.24, 2.45) is 0 Å². The number of hydrogen-bond acceptors (Lipinski definition) is 3. The van der Waals surface area contributed by atoms with E-state index >= 15 is 0 Å². The van der Waals surface area contributed by atoms with E-state index in [4.69, 9.17) is 11.6 Å². The van der Waals surface area contributed by atoms with Gasteiger partial charge in [0.25, 0.3) is 0 Å². The smallest absolute Gasteiger partial charge is 0.314 e. The summed E-state index contributed by atoms with van der Waals surface area (Å²) in [5.41, 5.74) is 2.53. The summed E-state index contributed by atoms with van der Waals surface area (Å²) >= 11 is 5.97. The molecule has 0 unspecified atom stereocenters. The number of hydrogen-bond donors (Lipinski definition) is 2. The van der Waals surface area contributed by atoms with Crippen LogP contribution in [0, 0.1) is 6.92 Å². The first-order valence-corrected chi connectivity index (χ1v) is 8.61. The highest BCUT2D eigenvalue weighted by molar-refractivity contribution is 6.44. The van der Waals surface area contributed by atoms with Crippen LogP contribution in [0.4, 0.5) is 17.1 Å². The number of carbonyl (C=O) groups excluding carboxylic acids is 3. The first kappa shape index (κ1) is 17.9. The molecular formula is C19H18ClN3O3. The van der Waals surface area contributed by atoms with Gasteiger partial charge in [-0.3, -0.25) is 14.4 Å². The summed E-state index contributed by atoms with van der Waals surface area (Å²) in [6.45, 7) is 2.56. The van der Waals surface area contributed by atoms with Crippen molar-refractivity contribution in [3.8, 4) is 0 Å². The minimum absolute atomic E-state index is 0.101. The van der Waals surface area contributed by atoms with Gasteiger partial charge in [0.2, 0.25) is 5.91 Å². The van der Waals surface area contributed by atoms with Gasteiger partial charge in [-0.1, -0.05) is 23.7 Å². The predicted molar refractivity (Wildman–Crippen MR) is 101 cm³/mol. The topological polar surface area (TPSA) is 78.5 Å². The van der Waals surface area contributed by atoms with Crippen LogP contribution in [-0.2, 0) is 14.4 Å². The monoisotopic (exact) mass is 371 g/mol. The minimum Gasteiger partial charge on any atom is -0.318 e. The third kappa shape index (κ3) is 3.86. The Morgan fingerprint density at radius 2 is 1.81 bits per heavy atom. The first-order chi connectivity index (χ1) is 12.5.